The van der Waals surface area contributed by atoms with Crippen molar-refractivity contribution in [2.45, 2.75) is 26.9 Å². The summed E-state index contributed by atoms with van der Waals surface area (Å²) < 4.78 is 5.79. The van der Waals surface area contributed by atoms with Crippen molar-refractivity contribution in [1.29, 1.82) is 0 Å². The van der Waals surface area contributed by atoms with Gasteiger partial charge in [0.1, 0.15) is 5.75 Å². The van der Waals surface area contributed by atoms with Gasteiger partial charge in [-0.2, -0.15) is 0 Å². The van der Waals surface area contributed by atoms with Crippen molar-refractivity contribution in [3.05, 3.63) is 95.1 Å². The third kappa shape index (κ3) is 4.65. The van der Waals surface area contributed by atoms with Crippen LogP contribution in [0.25, 0.3) is 0 Å². The molecule has 3 aromatic rings. The first-order chi connectivity index (χ1) is 13.4. The molecule has 142 valence electrons. The molecule has 0 unspecified atom stereocenters. The smallest absolute Gasteiger partial charge is 0.265 e. The Morgan fingerprint density at radius 2 is 1.50 bits per heavy atom. The number of aryl methyl sites for hydroxylation is 2. The Kier molecular flexibility index (Phi) is 5.90. The summed E-state index contributed by atoms with van der Waals surface area (Å²) in [5, 5.41) is 2.82. The van der Waals surface area contributed by atoms with Crippen LogP contribution < -0.4 is 10.1 Å². The van der Waals surface area contributed by atoms with Gasteiger partial charge >= 0.3 is 0 Å². The van der Waals surface area contributed by atoms with E-state index in [0.717, 1.165) is 11.1 Å². The Hall–Kier alpha value is -3.40. The molecule has 0 heterocycles. The van der Waals surface area contributed by atoms with Crippen LogP contribution in [0.3, 0.4) is 0 Å². The first-order valence-electron chi connectivity index (χ1n) is 9.18. The van der Waals surface area contributed by atoms with Crippen molar-refractivity contribution >= 4 is 17.4 Å². The van der Waals surface area contributed by atoms with Gasteiger partial charge < -0.3 is 10.1 Å². The first-order valence-corrected chi connectivity index (χ1v) is 9.18. The number of rotatable bonds is 6. The van der Waals surface area contributed by atoms with Crippen LogP contribution in [-0.2, 0) is 4.79 Å². The Bertz CT molecular complexity index is 978. The molecular weight excluding hydrogens is 350 g/mol. The van der Waals surface area contributed by atoms with Gasteiger partial charge in [-0.25, -0.2) is 0 Å². The SMILES string of the molecule is Cc1ccc(O[C@@H](C)C(=O)Nc2ccc(C(=O)c3ccccc3)cc2)c(C)c1. The number of amides is 1. The molecule has 0 saturated carbocycles. The number of ketones is 1. The minimum Gasteiger partial charge on any atom is -0.481 e. The monoisotopic (exact) mass is 373 g/mol. The molecule has 0 aliphatic rings. The third-order valence-electron chi connectivity index (χ3n) is 4.45. The van der Waals surface area contributed by atoms with E-state index in [2.05, 4.69) is 5.32 Å². The number of nitrogens with one attached hydrogen (secondary N) is 1. The number of anilines is 1. The number of carbonyl (C=O) groups is 2. The summed E-state index contributed by atoms with van der Waals surface area (Å²) in [5.41, 5.74) is 3.96. The highest BCUT2D eigenvalue weighted by atomic mass is 16.5. The number of benzene rings is 3. The summed E-state index contributed by atoms with van der Waals surface area (Å²) in [7, 11) is 0. The van der Waals surface area contributed by atoms with Gasteiger partial charge in [0, 0.05) is 16.8 Å². The standard InChI is InChI=1S/C24H23NO3/c1-16-9-14-22(17(2)15-16)28-18(3)24(27)25-21-12-10-20(11-13-21)23(26)19-7-5-4-6-8-19/h4-15,18H,1-3H3,(H,25,27)/t18-/m0/s1. The molecule has 4 nitrogen and oxygen atoms in total. The zero-order valence-electron chi connectivity index (χ0n) is 16.2. The Labute approximate surface area is 165 Å². The summed E-state index contributed by atoms with van der Waals surface area (Å²) in [5.74, 6) is 0.393. The lowest BCUT2D eigenvalue weighted by Gasteiger charge is -2.16. The number of ether oxygens (including phenoxy) is 1. The average Bonchev–Trinajstić information content (AvgIpc) is 2.70. The van der Waals surface area contributed by atoms with E-state index in [1.807, 2.05) is 50.2 Å². The van der Waals surface area contributed by atoms with Gasteiger partial charge in [0.25, 0.3) is 5.91 Å². The van der Waals surface area contributed by atoms with Crippen LogP contribution in [-0.4, -0.2) is 17.8 Å². The van der Waals surface area contributed by atoms with Crippen LogP contribution in [0.4, 0.5) is 5.69 Å². The Morgan fingerprint density at radius 1 is 0.857 bits per heavy atom. The van der Waals surface area contributed by atoms with E-state index in [4.69, 9.17) is 4.74 Å². The van der Waals surface area contributed by atoms with Crippen LogP contribution in [0.15, 0.2) is 72.8 Å². The molecule has 0 saturated heterocycles. The molecule has 3 aromatic carbocycles. The minimum absolute atomic E-state index is 0.0509. The molecule has 0 bridgehead atoms. The third-order valence-corrected chi connectivity index (χ3v) is 4.45. The second-order valence-corrected chi connectivity index (χ2v) is 6.79. The van der Waals surface area contributed by atoms with Crippen LogP contribution >= 0.6 is 0 Å². The van der Waals surface area contributed by atoms with E-state index in [-0.39, 0.29) is 11.7 Å². The first kappa shape index (κ1) is 19.4. The molecule has 1 amide bonds. The Balaban J connectivity index is 1.63. The quantitative estimate of drug-likeness (QED) is 0.623. The lowest BCUT2D eigenvalue weighted by atomic mass is 10.0. The predicted molar refractivity (Wildman–Crippen MR) is 111 cm³/mol. The average molecular weight is 373 g/mol. The number of hydrogen-bond donors (Lipinski definition) is 1. The van der Waals surface area contributed by atoms with E-state index < -0.39 is 6.10 Å². The predicted octanol–water partition coefficient (Wildman–Crippen LogP) is 4.94. The fourth-order valence-corrected chi connectivity index (χ4v) is 2.88. The molecule has 0 radical (unpaired) electrons. The second kappa shape index (κ2) is 8.53. The van der Waals surface area contributed by atoms with E-state index in [0.29, 0.717) is 22.6 Å². The lowest BCUT2D eigenvalue weighted by molar-refractivity contribution is -0.122. The fraction of sp³-hybridized carbons (Fsp3) is 0.167. The van der Waals surface area contributed by atoms with Gasteiger partial charge in [0.05, 0.1) is 0 Å². The molecular formula is C24H23NO3. The molecule has 0 aliphatic carbocycles. The molecule has 28 heavy (non-hydrogen) atoms. The molecule has 3 rings (SSSR count). The second-order valence-electron chi connectivity index (χ2n) is 6.79. The largest absolute Gasteiger partial charge is 0.481 e. The zero-order valence-corrected chi connectivity index (χ0v) is 16.2. The van der Waals surface area contributed by atoms with Crippen molar-refractivity contribution in [1.82, 2.24) is 0 Å². The van der Waals surface area contributed by atoms with Gasteiger partial charge in [0.2, 0.25) is 0 Å². The van der Waals surface area contributed by atoms with Crippen molar-refractivity contribution in [3.8, 4) is 5.75 Å². The number of hydrogen-bond acceptors (Lipinski definition) is 3. The fourth-order valence-electron chi connectivity index (χ4n) is 2.88. The molecule has 0 aromatic heterocycles. The summed E-state index contributed by atoms with van der Waals surface area (Å²) in [4.78, 5) is 24.9. The van der Waals surface area contributed by atoms with E-state index >= 15 is 0 Å². The highest BCUT2D eigenvalue weighted by Crippen LogP contribution is 2.21. The van der Waals surface area contributed by atoms with Gasteiger partial charge in [-0.05, 0) is 56.7 Å². The van der Waals surface area contributed by atoms with E-state index in [9.17, 15) is 9.59 Å². The summed E-state index contributed by atoms with van der Waals surface area (Å²) in [6.07, 6.45) is -0.646. The van der Waals surface area contributed by atoms with Gasteiger partial charge in [-0.3, -0.25) is 9.59 Å². The number of carbonyl (C=O) groups excluding carboxylic acids is 2. The Morgan fingerprint density at radius 3 is 2.14 bits per heavy atom. The van der Waals surface area contributed by atoms with Crippen LogP contribution in [0.2, 0.25) is 0 Å². The lowest BCUT2D eigenvalue weighted by Crippen LogP contribution is -2.30. The highest BCUT2D eigenvalue weighted by Gasteiger charge is 2.16. The van der Waals surface area contributed by atoms with Crippen LogP contribution in [0.5, 0.6) is 5.75 Å². The molecule has 1 N–H and O–H groups in total. The zero-order chi connectivity index (χ0) is 20.1. The van der Waals surface area contributed by atoms with Crippen molar-refractivity contribution in [2.24, 2.45) is 0 Å². The molecule has 0 spiro atoms. The maximum atomic E-state index is 12.4. The van der Waals surface area contributed by atoms with Gasteiger partial charge in [0.15, 0.2) is 11.9 Å². The maximum Gasteiger partial charge on any atom is 0.265 e. The van der Waals surface area contributed by atoms with Crippen molar-refractivity contribution in [3.63, 3.8) is 0 Å². The van der Waals surface area contributed by atoms with Crippen LogP contribution in [0, 0.1) is 13.8 Å². The summed E-state index contributed by atoms with van der Waals surface area (Å²) in [6.45, 7) is 5.68. The molecule has 0 aliphatic heterocycles. The maximum absolute atomic E-state index is 12.4. The van der Waals surface area contributed by atoms with E-state index in [1.54, 1.807) is 43.3 Å². The molecule has 4 heteroatoms. The minimum atomic E-state index is -0.646. The van der Waals surface area contributed by atoms with Crippen molar-refractivity contribution < 1.29 is 14.3 Å². The molecule has 0 fully saturated rings. The van der Waals surface area contributed by atoms with Crippen molar-refractivity contribution in [2.75, 3.05) is 5.32 Å². The topological polar surface area (TPSA) is 55.4 Å². The normalized spacial score (nSPS) is 11.5. The van der Waals surface area contributed by atoms with E-state index in [1.165, 1.54) is 0 Å². The summed E-state index contributed by atoms with van der Waals surface area (Å²) >= 11 is 0. The van der Waals surface area contributed by atoms with Gasteiger partial charge in [-0.15, -0.1) is 0 Å². The highest BCUT2D eigenvalue weighted by molar-refractivity contribution is 6.09. The van der Waals surface area contributed by atoms with Crippen LogP contribution in [0.1, 0.15) is 34.0 Å². The summed E-state index contributed by atoms with van der Waals surface area (Å²) in [6, 6.07) is 21.8. The van der Waals surface area contributed by atoms with Gasteiger partial charge in [-0.1, -0.05) is 48.0 Å². The molecule has 1 atom stereocenters.